The quantitative estimate of drug-likeness (QED) is 0.713. The van der Waals surface area contributed by atoms with Gasteiger partial charge in [-0.25, -0.2) is 4.79 Å². The van der Waals surface area contributed by atoms with E-state index in [0.29, 0.717) is 13.1 Å². The lowest BCUT2D eigenvalue weighted by Gasteiger charge is -2.36. The van der Waals surface area contributed by atoms with Crippen molar-refractivity contribution in [3.05, 3.63) is 0 Å². The molecule has 0 aromatic heterocycles. The van der Waals surface area contributed by atoms with Gasteiger partial charge in [-0.2, -0.15) is 0 Å². The molecule has 0 saturated carbocycles. The molecular formula is C19H33N3O5. The fourth-order valence-corrected chi connectivity index (χ4v) is 3.81. The first-order valence-electron chi connectivity index (χ1n) is 9.46. The number of rotatable bonds is 3. The van der Waals surface area contributed by atoms with Crippen LogP contribution in [-0.2, 0) is 19.1 Å². The molecule has 2 fully saturated rings. The second-order valence-corrected chi connectivity index (χ2v) is 9.40. The van der Waals surface area contributed by atoms with Crippen LogP contribution in [0, 0.1) is 11.3 Å². The van der Waals surface area contributed by atoms with Crippen molar-refractivity contribution < 1.29 is 23.9 Å². The Morgan fingerprint density at radius 3 is 2.30 bits per heavy atom. The number of fused-ring (bicyclic) bond motifs is 1. The standard InChI is InChI=1S/C19H33N3O5/c1-18(2,3)14(21-17(25)27-19(4,5)6)15(23)22-9-8-12-13(22)11(10-20-12)16(24)26-7/h11-14,20H,8-10H2,1-7H3,(H,21,25). The Morgan fingerprint density at radius 1 is 1.15 bits per heavy atom. The summed E-state index contributed by atoms with van der Waals surface area (Å²) in [4.78, 5) is 39.5. The molecule has 0 bridgehead atoms. The maximum atomic E-state index is 13.4. The third-order valence-corrected chi connectivity index (χ3v) is 5.03. The van der Waals surface area contributed by atoms with Gasteiger partial charge < -0.3 is 25.0 Å². The average Bonchev–Trinajstić information content (AvgIpc) is 3.10. The molecule has 0 aromatic carbocycles. The highest BCUT2D eigenvalue weighted by atomic mass is 16.6. The van der Waals surface area contributed by atoms with Crippen LogP contribution in [-0.4, -0.2) is 66.8 Å². The predicted octanol–water partition coefficient (Wildman–Crippen LogP) is 1.29. The van der Waals surface area contributed by atoms with Gasteiger partial charge in [0, 0.05) is 19.1 Å². The van der Waals surface area contributed by atoms with Crippen molar-refractivity contribution in [2.24, 2.45) is 11.3 Å². The summed E-state index contributed by atoms with van der Waals surface area (Å²) in [5.74, 6) is -0.908. The van der Waals surface area contributed by atoms with Crippen molar-refractivity contribution in [3.63, 3.8) is 0 Å². The highest BCUT2D eigenvalue weighted by Gasteiger charge is 2.51. The average molecular weight is 383 g/mol. The summed E-state index contributed by atoms with van der Waals surface area (Å²) in [6, 6.07) is -0.944. The minimum atomic E-state index is -0.759. The van der Waals surface area contributed by atoms with E-state index in [2.05, 4.69) is 10.6 Å². The predicted molar refractivity (Wildman–Crippen MR) is 100 cm³/mol. The van der Waals surface area contributed by atoms with E-state index in [0.717, 1.165) is 6.42 Å². The van der Waals surface area contributed by atoms with Gasteiger partial charge in [-0.05, 0) is 32.6 Å². The zero-order valence-corrected chi connectivity index (χ0v) is 17.4. The highest BCUT2D eigenvalue weighted by Crippen LogP contribution is 2.33. The summed E-state index contributed by atoms with van der Waals surface area (Å²) in [5.41, 5.74) is -1.17. The van der Waals surface area contributed by atoms with Crippen LogP contribution in [0.2, 0.25) is 0 Å². The van der Waals surface area contributed by atoms with Gasteiger partial charge in [0.15, 0.2) is 0 Å². The Hall–Kier alpha value is -1.83. The second kappa shape index (κ2) is 7.66. The smallest absolute Gasteiger partial charge is 0.408 e. The second-order valence-electron chi connectivity index (χ2n) is 9.40. The summed E-state index contributed by atoms with van der Waals surface area (Å²) in [6.07, 6.45) is 0.147. The lowest BCUT2D eigenvalue weighted by Crippen LogP contribution is -2.58. The molecule has 4 atom stereocenters. The van der Waals surface area contributed by atoms with Gasteiger partial charge >= 0.3 is 12.1 Å². The topological polar surface area (TPSA) is 97.0 Å². The number of carbonyl (C=O) groups is 3. The lowest BCUT2D eigenvalue weighted by atomic mass is 9.85. The largest absolute Gasteiger partial charge is 0.469 e. The summed E-state index contributed by atoms with van der Waals surface area (Å²) in [7, 11) is 1.36. The SMILES string of the molecule is COC(=O)C1CNC2CCN(C(=O)C(NC(=O)OC(C)(C)C)C(C)(C)C)C21. The molecule has 27 heavy (non-hydrogen) atoms. The summed E-state index contributed by atoms with van der Waals surface area (Å²) in [6.45, 7) is 12.0. The van der Waals surface area contributed by atoms with Gasteiger partial charge in [-0.1, -0.05) is 20.8 Å². The van der Waals surface area contributed by atoms with Gasteiger partial charge in [0.25, 0.3) is 0 Å². The van der Waals surface area contributed by atoms with Gasteiger partial charge in [0.05, 0.1) is 19.1 Å². The minimum Gasteiger partial charge on any atom is -0.469 e. The number of methoxy groups -OCH3 is 1. The molecule has 2 aliphatic heterocycles. The number of hydrogen-bond donors (Lipinski definition) is 2. The van der Waals surface area contributed by atoms with Crippen molar-refractivity contribution in [1.82, 2.24) is 15.5 Å². The Kier molecular flexibility index (Phi) is 6.09. The van der Waals surface area contributed by atoms with Gasteiger partial charge in [-0.15, -0.1) is 0 Å². The molecule has 2 N–H and O–H groups in total. The number of ether oxygens (including phenoxy) is 2. The molecule has 2 heterocycles. The molecular weight excluding hydrogens is 350 g/mol. The summed E-state index contributed by atoms with van der Waals surface area (Å²) >= 11 is 0. The molecule has 154 valence electrons. The van der Waals surface area contributed by atoms with Crippen molar-refractivity contribution in [1.29, 1.82) is 0 Å². The van der Waals surface area contributed by atoms with E-state index in [1.165, 1.54) is 7.11 Å². The molecule has 0 aromatic rings. The van der Waals surface area contributed by atoms with Crippen molar-refractivity contribution in [2.45, 2.75) is 71.7 Å². The van der Waals surface area contributed by atoms with Crippen LogP contribution in [0.25, 0.3) is 0 Å². The number of alkyl carbamates (subject to hydrolysis) is 1. The van der Waals surface area contributed by atoms with E-state index in [1.807, 2.05) is 20.8 Å². The Balaban J connectivity index is 2.20. The van der Waals surface area contributed by atoms with E-state index >= 15 is 0 Å². The zero-order valence-electron chi connectivity index (χ0n) is 17.4. The monoisotopic (exact) mass is 383 g/mol. The maximum absolute atomic E-state index is 13.4. The molecule has 8 nitrogen and oxygen atoms in total. The molecule has 0 radical (unpaired) electrons. The van der Waals surface area contributed by atoms with Crippen LogP contribution in [0.15, 0.2) is 0 Å². The number of nitrogens with one attached hydrogen (secondary N) is 2. The number of amides is 2. The number of nitrogens with zero attached hydrogens (tertiary/aromatic N) is 1. The van der Waals surface area contributed by atoms with Crippen LogP contribution in [0.1, 0.15) is 48.0 Å². The number of hydrogen-bond acceptors (Lipinski definition) is 6. The molecule has 0 spiro atoms. The fraction of sp³-hybridized carbons (Fsp3) is 0.842. The Labute approximate surface area is 161 Å². The molecule has 2 amide bonds. The molecule has 2 rings (SSSR count). The van der Waals surface area contributed by atoms with E-state index in [-0.39, 0.29) is 24.0 Å². The number of likely N-dealkylation sites (tertiary alicyclic amines) is 1. The third kappa shape index (κ3) is 4.91. The van der Waals surface area contributed by atoms with Gasteiger partial charge in [-0.3, -0.25) is 9.59 Å². The molecule has 2 saturated heterocycles. The van der Waals surface area contributed by atoms with Gasteiger partial charge in [0.2, 0.25) is 5.91 Å². The summed E-state index contributed by atoms with van der Waals surface area (Å²) in [5, 5.41) is 6.05. The Morgan fingerprint density at radius 2 is 1.78 bits per heavy atom. The van der Waals surface area contributed by atoms with Crippen LogP contribution >= 0.6 is 0 Å². The first-order valence-corrected chi connectivity index (χ1v) is 9.46. The van der Waals surface area contributed by atoms with E-state index in [4.69, 9.17) is 9.47 Å². The van der Waals surface area contributed by atoms with Crippen molar-refractivity contribution in [3.8, 4) is 0 Å². The van der Waals surface area contributed by atoms with Crippen LogP contribution < -0.4 is 10.6 Å². The fourth-order valence-electron chi connectivity index (χ4n) is 3.81. The number of carbonyl (C=O) groups excluding carboxylic acids is 3. The van der Waals surface area contributed by atoms with Crippen LogP contribution in [0.5, 0.6) is 0 Å². The third-order valence-electron chi connectivity index (χ3n) is 5.03. The number of esters is 1. The van der Waals surface area contributed by atoms with Gasteiger partial charge in [0.1, 0.15) is 11.6 Å². The van der Waals surface area contributed by atoms with Crippen molar-refractivity contribution in [2.75, 3.05) is 20.2 Å². The minimum absolute atomic E-state index is 0.0696. The maximum Gasteiger partial charge on any atom is 0.408 e. The Bertz CT molecular complexity index is 593. The van der Waals surface area contributed by atoms with Crippen LogP contribution in [0.4, 0.5) is 4.79 Å². The molecule has 4 unspecified atom stereocenters. The zero-order chi connectivity index (χ0) is 20.6. The normalized spacial score (nSPS) is 26.3. The lowest BCUT2D eigenvalue weighted by molar-refractivity contribution is -0.148. The van der Waals surface area contributed by atoms with E-state index < -0.39 is 29.1 Å². The molecule has 2 aliphatic rings. The van der Waals surface area contributed by atoms with Crippen molar-refractivity contribution >= 4 is 18.0 Å². The summed E-state index contributed by atoms with van der Waals surface area (Å²) < 4.78 is 10.2. The van der Waals surface area contributed by atoms with E-state index in [9.17, 15) is 14.4 Å². The first-order chi connectivity index (χ1) is 12.3. The molecule has 0 aliphatic carbocycles. The first kappa shape index (κ1) is 21.5. The van der Waals surface area contributed by atoms with Crippen LogP contribution in [0.3, 0.4) is 0 Å². The molecule has 8 heteroatoms. The van der Waals surface area contributed by atoms with E-state index in [1.54, 1.807) is 25.7 Å². The highest BCUT2D eigenvalue weighted by molar-refractivity contribution is 5.88.